The molecule has 4 aromatic rings. The zero-order valence-electron chi connectivity index (χ0n) is 22.7. The van der Waals surface area contributed by atoms with Crippen molar-refractivity contribution in [3.05, 3.63) is 72.1 Å². The van der Waals surface area contributed by atoms with Crippen LogP contribution < -0.4 is 15.4 Å². The second-order valence-electron chi connectivity index (χ2n) is 11.2. The van der Waals surface area contributed by atoms with Crippen molar-refractivity contribution in [1.82, 2.24) is 20.3 Å². The molecule has 0 bridgehead atoms. The van der Waals surface area contributed by atoms with E-state index < -0.39 is 5.67 Å². The second-order valence-corrected chi connectivity index (χ2v) is 11.2. The Labute approximate surface area is 229 Å². The Morgan fingerprint density at radius 2 is 1.97 bits per heavy atom. The maximum Gasteiger partial charge on any atom is 0.228 e. The molecule has 6 nitrogen and oxygen atoms in total. The molecule has 2 N–H and O–H groups in total. The summed E-state index contributed by atoms with van der Waals surface area (Å²) in [4.78, 5) is 13.9. The van der Waals surface area contributed by atoms with E-state index in [9.17, 15) is 4.39 Å². The van der Waals surface area contributed by atoms with E-state index in [1.165, 1.54) is 10.9 Å². The Kier molecular flexibility index (Phi) is 7.17. The van der Waals surface area contributed by atoms with E-state index in [0.717, 1.165) is 73.2 Å². The molecule has 0 radical (unpaired) electrons. The predicted molar refractivity (Wildman–Crippen MR) is 154 cm³/mol. The number of aromatic nitrogens is 3. The van der Waals surface area contributed by atoms with Gasteiger partial charge in [-0.25, -0.2) is 19.3 Å². The van der Waals surface area contributed by atoms with Crippen LogP contribution in [0.5, 0.6) is 11.6 Å². The molecule has 202 valence electrons. The maximum absolute atomic E-state index is 14.0. The van der Waals surface area contributed by atoms with Gasteiger partial charge in [0.05, 0.1) is 11.3 Å². The minimum atomic E-state index is -0.954. The van der Waals surface area contributed by atoms with E-state index in [1.54, 1.807) is 19.3 Å². The highest BCUT2D eigenvalue weighted by Gasteiger charge is 2.49. The van der Waals surface area contributed by atoms with E-state index in [0.29, 0.717) is 24.3 Å². The average molecular weight is 526 g/mol. The summed E-state index contributed by atoms with van der Waals surface area (Å²) in [5, 5.41) is 9.11. The molecule has 1 aliphatic heterocycles. The van der Waals surface area contributed by atoms with Crippen molar-refractivity contribution < 1.29 is 9.13 Å². The normalized spacial score (nSPS) is 22.5. The van der Waals surface area contributed by atoms with Crippen LogP contribution in [0.3, 0.4) is 0 Å². The Balaban J connectivity index is 1.26. The third-order valence-corrected chi connectivity index (χ3v) is 8.17. The first-order valence-electron chi connectivity index (χ1n) is 14.1. The molecule has 2 aliphatic rings. The lowest BCUT2D eigenvalue weighted by Crippen LogP contribution is -2.38. The summed E-state index contributed by atoms with van der Waals surface area (Å²) in [5.41, 5.74) is 2.93. The molecule has 3 heterocycles. The molecule has 0 amide bonds. The van der Waals surface area contributed by atoms with Gasteiger partial charge < -0.3 is 15.4 Å². The van der Waals surface area contributed by atoms with Crippen molar-refractivity contribution in [2.75, 3.05) is 18.4 Å². The number of piperidine rings is 1. The molecule has 6 rings (SSSR count). The third kappa shape index (κ3) is 5.74. The lowest BCUT2D eigenvalue weighted by Gasteiger charge is -2.23. The van der Waals surface area contributed by atoms with Crippen molar-refractivity contribution in [3.63, 3.8) is 0 Å². The topological polar surface area (TPSA) is 72.0 Å². The summed E-state index contributed by atoms with van der Waals surface area (Å²) in [5.74, 6) is 2.14. The van der Waals surface area contributed by atoms with Gasteiger partial charge in [-0.1, -0.05) is 30.3 Å². The zero-order chi connectivity index (χ0) is 26.8. The standard InChI is InChI=1S/C32H36FN5O/c1-21-13-14-25-22(7-3-9-23-19-32(23,2)33)8-4-11-26(25)29(21)39-30-27(12-6-17-35-30)28-15-18-36-31(38-28)37-24-10-5-16-34-20-24/h4,6,8,11-15,17-18,23-24,34H,3,5,7,9-10,16,19-20H2,1-2H3,(H,36,37,38)/t23-,24-,32?/m0/s1. The summed E-state index contributed by atoms with van der Waals surface area (Å²) >= 11 is 0. The average Bonchev–Trinajstić information content (AvgIpc) is 3.57. The number of hydrogen-bond donors (Lipinski definition) is 2. The van der Waals surface area contributed by atoms with Gasteiger partial charge in [-0.3, -0.25) is 0 Å². The largest absolute Gasteiger partial charge is 0.437 e. The lowest BCUT2D eigenvalue weighted by molar-refractivity contribution is 0.302. The third-order valence-electron chi connectivity index (χ3n) is 8.17. The molecular weight excluding hydrogens is 489 g/mol. The minimum Gasteiger partial charge on any atom is -0.437 e. The number of fused-ring (bicyclic) bond motifs is 1. The van der Waals surface area contributed by atoms with E-state index in [-0.39, 0.29) is 5.92 Å². The van der Waals surface area contributed by atoms with Crippen LogP contribution in [0.15, 0.2) is 60.9 Å². The number of anilines is 1. The van der Waals surface area contributed by atoms with Crippen LogP contribution in [0.1, 0.15) is 50.2 Å². The Hall–Kier alpha value is -3.58. The first-order chi connectivity index (χ1) is 19.0. The van der Waals surface area contributed by atoms with Crippen molar-refractivity contribution in [1.29, 1.82) is 0 Å². The quantitative estimate of drug-likeness (QED) is 0.245. The molecule has 39 heavy (non-hydrogen) atoms. The summed E-state index contributed by atoms with van der Waals surface area (Å²) in [6.45, 7) is 5.75. The van der Waals surface area contributed by atoms with Crippen LogP contribution >= 0.6 is 0 Å². The molecular formula is C32H36FN5O. The molecule has 7 heteroatoms. The lowest BCUT2D eigenvalue weighted by atomic mass is 9.97. The SMILES string of the molecule is Cc1ccc2c(CCC[C@H]3CC3(C)F)cccc2c1Oc1ncccc1-c1ccnc(N[C@H]2CCCNC2)n1. The predicted octanol–water partition coefficient (Wildman–Crippen LogP) is 7.03. The van der Waals surface area contributed by atoms with Gasteiger partial charge in [0.2, 0.25) is 11.8 Å². The highest BCUT2D eigenvalue weighted by molar-refractivity contribution is 5.92. The summed E-state index contributed by atoms with van der Waals surface area (Å²) in [6, 6.07) is 16.7. The van der Waals surface area contributed by atoms with Gasteiger partial charge in [0.25, 0.3) is 0 Å². The van der Waals surface area contributed by atoms with Crippen molar-refractivity contribution in [2.45, 2.75) is 64.1 Å². The van der Waals surface area contributed by atoms with Crippen LogP contribution in [0, 0.1) is 12.8 Å². The van der Waals surface area contributed by atoms with Crippen LogP contribution in [0.4, 0.5) is 10.3 Å². The smallest absolute Gasteiger partial charge is 0.228 e. The number of nitrogens with one attached hydrogen (secondary N) is 2. The van der Waals surface area contributed by atoms with Crippen LogP contribution in [0.25, 0.3) is 22.0 Å². The fraction of sp³-hybridized carbons (Fsp3) is 0.406. The van der Waals surface area contributed by atoms with Crippen LogP contribution in [-0.4, -0.2) is 39.8 Å². The van der Waals surface area contributed by atoms with Gasteiger partial charge >= 0.3 is 0 Å². The Morgan fingerprint density at radius 3 is 2.79 bits per heavy atom. The number of pyridine rings is 1. The number of benzene rings is 2. The van der Waals surface area contributed by atoms with Gasteiger partial charge in [0.1, 0.15) is 11.4 Å². The van der Waals surface area contributed by atoms with Crippen LogP contribution in [0.2, 0.25) is 0 Å². The molecule has 0 spiro atoms. The highest BCUT2D eigenvalue weighted by atomic mass is 19.1. The number of halogens is 1. The minimum absolute atomic E-state index is 0.216. The molecule has 1 unspecified atom stereocenters. The molecule has 2 aromatic heterocycles. The number of aryl methyl sites for hydroxylation is 2. The highest BCUT2D eigenvalue weighted by Crippen LogP contribution is 2.49. The first-order valence-corrected chi connectivity index (χ1v) is 14.1. The van der Waals surface area contributed by atoms with Crippen LogP contribution in [-0.2, 0) is 6.42 Å². The van der Waals surface area contributed by atoms with Gasteiger partial charge in [-0.05, 0) is 99.5 Å². The maximum atomic E-state index is 14.0. The fourth-order valence-electron chi connectivity index (χ4n) is 5.72. The molecule has 2 aromatic carbocycles. The van der Waals surface area contributed by atoms with E-state index in [1.807, 2.05) is 18.2 Å². The monoisotopic (exact) mass is 525 g/mol. The van der Waals surface area contributed by atoms with E-state index >= 15 is 0 Å². The molecule has 1 aliphatic carbocycles. The van der Waals surface area contributed by atoms with Crippen molar-refractivity contribution in [3.8, 4) is 22.9 Å². The van der Waals surface area contributed by atoms with Gasteiger partial charge in [0, 0.05) is 30.4 Å². The Bertz CT molecular complexity index is 1470. The summed E-state index contributed by atoms with van der Waals surface area (Å²) in [7, 11) is 0. The number of hydrogen-bond acceptors (Lipinski definition) is 6. The summed E-state index contributed by atoms with van der Waals surface area (Å²) in [6.07, 6.45) is 9.31. The molecule has 1 saturated carbocycles. The number of rotatable bonds is 9. The van der Waals surface area contributed by atoms with Crippen molar-refractivity contribution >= 4 is 16.7 Å². The first kappa shape index (κ1) is 25.7. The van der Waals surface area contributed by atoms with Gasteiger partial charge in [-0.2, -0.15) is 0 Å². The molecule has 3 atom stereocenters. The number of ether oxygens (including phenoxy) is 1. The second kappa shape index (κ2) is 10.9. The zero-order valence-corrected chi connectivity index (χ0v) is 22.7. The molecule has 2 fully saturated rings. The van der Waals surface area contributed by atoms with E-state index in [4.69, 9.17) is 9.72 Å². The van der Waals surface area contributed by atoms with Gasteiger partial charge in [0.15, 0.2) is 0 Å². The number of alkyl halides is 1. The number of nitrogens with zero attached hydrogens (tertiary/aromatic N) is 3. The van der Waals surface area contributed by atoms with Gasteiger partial charge in [-0.15, -0.1) is 0 Å². The fourth-order valence-corrected chi connectivity index (χ4v) is 5.72. The van der Waals surface area contributed by atoms with E-state index in [2.05, 4.69) is 57.9 Å². The summed E-state index contributed by atoms with van der Waals surface area (Å²) < 4.78 is 20.6. The molecule has 1 saturated heterocycles. The Morgan fingerprint density at radius 1 is 1.08 bits per heavy atom. The van der Waals surface area contributed by atoms with Crippen molar-refractivity contribution in [2.24, 2.45) is 5.92 Å².